The van der Waals surface area contributed by atoms with E-state index in [0.29, 0.717) is 6.04 Å². The molecule has 0 radical (unpaired) electrons. The first-order chi connectivity index (χ1) is 7.86. The van der Waals surface area contributed by atoms with E-state index in [9.17, 15) is 0 Å². The van der Waals surface area contributed by atoms with E-state index in [1.807, 2.05) is 24.4 Å². The Morgan fingerprint density at radius 2 is 2.44 bits per heavy atom. The van der Waals surface area contributed by atoms with E-state index in [-0.39, 0.29) is 6.10 Å². The minimum atomic E-state index is 0.0879. The summed E-state index contributed by atoms with van der Waals surface area (Å²) in [6.45, 7) is 3.98. The molecule has 16 heavy (non-hydrogen) atoms. The number of pyridine rings is 1. The van der Waals surface area contributed by atoms with Gasteiger partial charge in [-0.25, -0.2) is 0 Å². The van der Waals surface area contributed by atoms with Gasteiger partial charge in [-0.3, -0.25) is 4.98 Å². The summed E-state index contributed by atoms with van der Waals surface area (Å²) in [5.41, 5.74) is 1.01. The van der Waals surface area contributed by atoms with Crippen LogP contribution in [0.15, 0.2) is 24.4 Å². The number of hydrogen-bond acceptors (Lipinski definition) is 3. The molecule has 2 unspecified atom stereocenters. The van der Waals surface area contributed by atoms with Gasteiger partial charge >= 0.3 is 0 Å². The van der Waals surface area contributed by atoms with Gasteiger partial charge in [0, 0.05) is 12.2 Å². The van der Waals surface area contributed by atoms with Crippen molar-refractivity contribution in [2.75, 3.05) is 13.2 Å². The second-order valence-corrected chi connectivity index (χ2v) is 4.38. The number of hydrogen-bond donors (Lipinski definition) is 1. The Kier molecular flexibility index (Phi) is 4.31. The van der Waals surface area contributed by atoms with Crippen molar-refractivity contribution in [1.82, 2.24) is 10.3 Å². The van der Waals surface area contributed by atoms with Crippen LogP contribution in [0.5, 0.6) is 0 Å². The summed E-state index contributed by atoms with van der Waals surface area (Å²) >= 11 is 0. The molecule has 3 nitrogen and oxygen atoms in total. The number of piperidine rings is 1. The van der Waals surface area contributed by atoms with Crippen molar-refractivity contribution in [3.8, 4) is 0 Å². The lowest BCUT2D eigenvalue weighted by atomic mass is 10.1. The fraction of sp³-hybridized carbons (Fsp3) is 0.615. The third kappa shape index (κ3) is 3.29. The van der Waals surface area contributed by atoms with Gasteiger partial charge in [0.05, 0.1) is 18.4 Å². The lowest BCUT2D eigenvalue weighted by Crippen LogP contribution is -2.37. The van der Waals surface area contributed by atoms with Gasteiger partial charge in [0.1, 0.15) is 0 Å². The fourth-order valence-electron chi connectivity index (χ4n) is 2.03. The molecule has 2 rings (SSSR count). The molecule has 1 aliphatic heterocycles. The predicted octanol–water partition coefficient (Wildman–Crippen LogP) is 2.30. The summed E-state index contributed by atoms with van der Waals surface area (Å²) in [6.07, 6.45) is 5.75. The molecule has 3 heteroatoms. The third-order valence-corrected chi connectivity index (χ3v) is 3.06. The van der Waals surface area contributed by atoms with Gasteiger partial charge in [-0.2, -0.15) is 0 Å². The summed E-state index contributed by atoms with van der Waals surface area (Å²) in [6, 6.07) is 6.47. The maximum absolute atomic E-state index is 5.84. The molecule has 2 heterocycles. The van der Waals surface area contributed by atoms with Crippen molar-refractivity contribution in [1.29, 1.82) is 0 Å². The second kappa shape index (κ2) is 5.97. The Morgan fingerprint density at radius 1 is 1.50 bits per heavy atom. The Labute approximate surface area is 97.2 Å². The molecule has 1 aliphatic rings. The van der Waals surface area contributed by atoms with E-state index in [1.54, 1.807) is 0 Å². The molecule has 0 aliphatic carbocycles. The molecule has 2 atom stereocenters. The van der Waals surface area contributed by atoms with Crippen molar-refractivity contribution < 1.29 is 4.74 Å². The predicted molar refractivity (Wildman–Crippen MR) is 64.2 cm³/mol. The van der Waals surface area contributed by atoms with Crippen LogP contribution < -0.4 is 5.32 Å². The first kappa shape index (κ1) is 11.6. The van der Waals surface area contributed by atoms with E-state index < -0.39 is 0 Å². The highest BCUT2D eigenvalue weighted by molar-refractivity contribution is 5.05. The zero-order chi connectivity index (χ0) is 11.2. The zero-order valence-electron chi connectivity index (χ0n) is 9.86. The Balaban J connectivity index is 1.77. The van der Waals surface area contributed by atoms with Crippen LogP contribution in [0.3, 0.4) is 0 Å². The van der Waals surface area contributed by atoms with Gasteiger partial charge in [0.2, 0.25) is 0 Å². The highest BCUT2D eigenvalue weighted by Crippen LogP contribution is 2.15. The van der Waals surface area contributed by atoms with Crippen molar-refractivity contribution in [3.05, 3.63) is 30.1 Å². The van der Waals surface area contributed by atoms with Crippen LogP contribution in [-0.2, 0) is 4.74 Å². The molecule has 0 bridgehead atoms. The van der Waals surface area contributed by atoms with Crippen molar-refractivity contribution in [2.24, 2.45) is 0 Å². The molecule has 1 fully saturated rings. The van der Waals surface area contributed by atoms with E-state index in [1.165, 1.54) is 19.3 Å². The van der Waals surface area contributed by atoms with Crippen molar-refractivity contribution >= 4 is 0 Å². The largest absolute Gasteiger partial charge is 0.371 e. The average molecular weight is 220 g/mol. The molecule has 0 aromatic carbocycles. The van der Waals surface area contributed by atoms with E-state index in [4.69, 9.17) is 4.74 Å². The maximum Gasteiger partial charge on any atom is 0.0967 e. The Bertz CT molecular complexity index is 296. The molecule has 0 saturated carbocycles. The number of ether oxygens (including phenoxy) is 1. The van der Waals surface area contributed by atoms with E-state index in [2.05, 4.69) is 17.2 Å². The van der Waals surface area contributed by atoms with E-state index >= 15 is 0 Å². The summed E-state index contributed by atoms with van der Waals surface area (Å²) in [4.78, 5) is 4.30. The molecule has 0 spiro atoms. The third-order valence-electron chi connectivity index (χ3n) is 3.06. The van der Waals surface area contributed by atoms with Gasteiger partial charge in [-0.15, -0.1) is 0 Å². The van der Waals surface area contributed by atoms with Crippen LogP contribution in [-0.4, -0.2) is 24.2 Å². The second-order valence-electron chi connectivity index (χ2n) is 4.38. The molecule has 1 N–H and O–H groups in total. The van der Waals surface area contributed by atoms with Crippen LogP contribution >= 0.6 is 0 Å². The minimum Gasteiger partial charge on any atom is -0.371 e. The molecule has 1 aromatic rings. The summed E-state index contributed by atoms with van der Waals surface area (Å²) in [5.74, 6) is 0. The topological polar surface area (TPSA) is 34.1 Å². The number of nitrogens with zero attached hydrogens (tertiary/aromatic N) is 1. The lowest BCUT2D eigenvalue weighted by Gasteiger charge is -2.24. The van der Waals surface area contributed by atoms with Crippen LogP contribution in [0.2, 0.25) is 0 Å². The van der Waals surface area contributed by atoms with Crippen LogP contribution in [0.1, 0.15) is 38.0 Å². The van der Waals surface area contributed by atoms with Gasteiger partial charge in [-0.1, -0.05) is 12.5 Å². The Morgan fingerprint density at radius 3 is 3.12 bits per heavy atom. The standard InChI is InChI=1S/C13H20N2O/c1-11(13-7-3-5-9-15-13)16-10-12-6-2-4-8-14-12/h3,5,7,9,11-12,14H,2,4,6,8,10H2,1H3. The number of rotatable bonds is 4. The molecule has 0 amide bonds. The SMILES string of the molecule is CC(OCC1CCCCN1)c1ccccn1. The zero-order valence-corrected chi connectivity index (χ0v) is 9.86. The van der Waals surface area contributed by atoms with Crippen LogP contribution in [0.25, 0.3) is 0 Å². The first-order valence-electron chi connectivity index (χ1n) is 6.12. The Hall–Kier alpha value is -0.930. The quantitative estimate of drug-likeness (QED) is 0.845. The number of aromatic nitrogens is 1. The number of nitrogens with one attached hydrogen (secondary N) is 1. The van der Waals surface area contributed by atoms with Crippen LogP contribution in [0.4, 0.5) is 0 Å². The van der Waals surface area contributed by atoms with Gasteiger partial charge < -0.3 is 10.1 Å². The molecule has 88 valence electrons. The first-order valence-corrected chi connectivity index (χ1v) is 6.12. The molecular weight excluding hydrogens is 200 g/mol. The summed E-state index contributed by atoms with van der Waals surface area (Å²) in [5, 5.41) is 3.48. The van der Waals surface area contributed by atoms with Crippen LogP contribution in [0, 0.1) is 0 Å². The summed E-state index contributed by atoms with van der Waals surface area (Å²) in [7, 11) is 0. The van der Waals surface area contributed by atoms with Gasteiger partial charge in [0.25, 0.3) is 0 Å². The smallest absolute Gasteiger partial charge is 0.0967 e. The fourth-order valence-corrected chi connectivity index (χ4v) is 2.03. The van der Waals surface area contributed by atoms with Crippen molar-refractivity contribution in [3.63, 3.8) is 0 Å². The van der Waals surface area contributed by atoms with Crippen molar-refractivity contribution in [2.45, 2.75) is 38.3 Å². The molecule has 1 saturated heterocycles. The average Bonchev–Trinajstić information content (AvgIpc) is 2.38. The lowest BCUT2D eigenvalue weighted by molar-refractivity contribution is 0.0416. The molecule has 1 aromatic heterocycles. The minimum absolute atomic E-state index is 0.0879. The van der Waals surface area contributed by atoms with Gasteiger partial charge in [-0.05, 0) is 38.4 Å². The molecular formula is C13H20N2O. The highest BCUT2D eigenvalue weighted by Gasteiger charge is 2.14. The summed E-state index contributed by atoms with van der Waals surface area (Å²) < 4.78 is 5.84. The van der Waals surface area contributed by atoms with E-state index in [0.717, 1.165) is 18.8 Å². The monoisotopic (exact) mass is 220 g/mol. The van der Waals surface area contributed by atoms with Gasteiger partial charge in [0.15, 0.2) is 0 Å². The normalized spacial score (nSPS) is 22.9. The maximum atomic E-state index is 5.84. The highest BCUT2D eigenvalue weighted by atomic mass is 16.5.